The van der Waals surface area contributed by atoms with Gasteiger partial charge in [0.25, 0.3) is 0 Å². The maximum Gasteiger partial charge on any atom is 0.330 e. The molecule has 0 saturated carbocycles. The fourth-order valence-electron chi connectivity index (χ4n) is 2.69. The summed E-state index contributed by atoms with van der Waals surface area (Å²) in [5, 5.41) is 0. The number of esters is 2. The van der Waals surface area contributed by atoms with Crippen molar-refractivity contribution in [2.75, 3.05) is 0 Å². The van der Waals surface area contributed by atoms with Crippen molar-refractivity contribution in [2.24, 2.45) is 17.6 Å². The van der Waals surface area contributed by atoms with Gasteiger partial charge >= 0.3 is 11.9 Å². The quantitative estimate of drug-likeness (QED) is 0.624. The molecule has 0 fully saturated rings. The molecule has 0 aromatic heterocycles. The van der Waals surface area contributed by atoms with Gasteiger partial charge in [-0.1, -0.05) is 19.4 Å². The van der Waals surface area contributed by atoms with Crippen molar-refractivity contribution < 1.29 is 19.1 Å². The molecule has 120 valence electrons. The largest absolute Gasteiger partial charge is 0.472 e. The van der Waals surface area contributed by atoms with Gasteiger partial charge < -0.3 is 15.2 Å². The highest BCUT2D eigenvalue weighted by atomic mass is 16.6. The lowest BCUT2D eigenvalue weighted by molar-refractivity contribution is -0.164. The number of hydrogen-bond donors (Lipinski definition) is 1. The first-order valence-corrected chi connectivity index (χ1v) is 7.64. The van der Waals surface area contributed by atoms with Gasteiger partial charge in [0.05, 0.1) is 18.4 Å². The van der Waals surface area contributed by atoms with E-state index in [1.54, 1.807) is 12.5 Å². The summed E-state index contributed by atoms with van der Waals surface area (Å²) in [5.74, 6) is -1.43. The van der Waals surface area contributed by atoms with Gasteiger partial charge in [0.2, 0.25) is 0 Å². The summed E-state index contributed by atoms with van der Waals surface area (Å²) in [4.78, 5) is 23.8. The van der Waals surface area contributed by atoms with Crippen molar-refractivity contribution in [1.82, 2.24) is 0 Å². The van der Waals surface area contributed by atoms with Gasteiger partial charge in [-0.3, -0.25) is 4.79 Å². The Hall–Kier alpha value is -1.88. The van der Waals surface area contributed by atoms with Crippen molar-refractivity contribution in [3.63, 3.8) is 0 Å². The van der Waals surface area contributed by atoms with Crippen LogP contribution in [0.2, 0.25) is 0 Å². The Kier molecular flexibility index (Phi) is 5.19. The lowest BCUT2D eigenvalue weighted by atomic mass is 9.87. The Morgan fingerprint density at radius 2 is 2.00 bits per heavy atom. The number of carbonyl (C=O) groups is 2. The zero-order chi connectivity index (χ0) is 16.3. The molecule has 0 saturated heterocycles. The van der Waals surface area contributed by atoms with E-state index >= 15 is 0 Å². The molecule has 0 bridgehead atoms. The maximum atomic E-state index is 12.3. The number of ether oxygens (including phenoxy) is 2. The van der Waals surface area contributed by atoms with Crippen molar-refractivity contribution in [1.29, 1.82) is 0 Å². The third kappa shape index (κ3) is 3.65. The van der Waals surface area contributed by atoms with Crippen LogP contribution in [0.1, 0.15) is 40.0 Å². The molecule has 0 radical (unpaired) electrons. The van der Waals surface area contributed by atoms with E-state index in [-0.39, 0.29) is 11.8 Å². The average Bonchev–Trinajstić information content (AvgIpc) is 2.87. The number of fused-ring (bicyclic) bond motifs is 1. The van der Waals surface area contributed by atoms with E-state index in [0.29, 0.717) is 6.42 Å². The maximum absolute atomic E-state index is 12.3. The van der Waals surface area contributed by atoms with E-state index < -0.39 is 18.0 Å². The SMILES string of the molecule is CC(C)C(CC1=C2C=COC=C2CC1)C(=O)OC(=O)[C@H](C)N. The highest BCUT2D eigenvalue weighted by molar-refractivity contribution is 5.89. The summed E-state index contributed by atoms with van der Waals surface area (Å²) in [6.07, 6.45) is 7.77. The summed E-state index contributed by atoms with van der Waals surface area (Å²) >= 11 is 0. The summed E-state index contributed by atoms with van der Waals surface area (Å²) in [7, 11) is 0. The fraction of sp³-hybridized carbons (Fsp3) is 0.529. The second-order valence-corrected chi connectivity index (χ2v) is 6.18. The summed E-state index contributed by atoms with van der Waals surface area (Å²) in [6.45, 7) is 5.42. The molecule has 1 aliphatic heterocycles. The Labute approximate surface area is 130 Å². The van der Waals surface area contributed by atoms with Crippen molar-refractivity contribution in [3.8, 4) is 0 Å². The molecule has 1 heterocycles. The fourth-order valence-corrected chi connectivity index (χ4v) is 2.69. The lowest BCUT2D eigenvalue weighted by Crippen LogP contribution is -2.34. The van der Waals surface area contributed by atoms with Gasteiger partial charge in [-0.2, -0.15) is 0 Å². The Morgan fingerprint density at radius 3 is 2.64 bits per heavy atom. The third-order valence-corrected chi connectivity index (χ3v) is 4.09. The molecule has 2 N–H and O–H groups in total. The number of carbonyl (C=O) groups excluding carboxylic acids is 2. The summed E-state index contributed by atoms with van der Waals surface area (Å²) in [5.41, 5.74) is 8.98. The van der Waals surface area contributed by atoms with E-state index in [1.807, 2.05) is 19.9 Å². The molecular weight excluding hydrogens is 282 g/mol. The highest BCUT2D eigenvalue weighted by Crippen LogP contribution is 2.38. The van der Waals surface area contributed by atoms with E-state index in [9.17, 15) is 9.59 Å². The molecule has 2 atom stereocenters. The van der Waals surface area contributed by atoms with Crippen LogP contribution in [-0.4, -0.2) is 18.0 Å². The second-order valence-electron chi connectivity index (χ2n) is 6.18. The molecule has 0 amide bonds. The van der Waals surface area contributed by atoms with E-state index in [2.05, 4.69) is 0 Å². The zero-order valence-corrected chi connectivity index (χ0v) is 13.3. The first-order valence-electron chi connectivity index (χ1n) is 7.64. The predicted molar refractivity (Wildman–Crippen MR) is 82.3 cm³/mol. The number of allylic oxidation sites excluding steroid dienone is 4. The van der Waals surface area contributed by atoms with E-state index in [1.165, 1.54) is 18.1 Å². The van der Waals surface area contributed by atoms with Crippen LogP contribution < -0.4 is 5.73 Å². The topological polar surface area (TPSA) is 78.6 Å². The van der Waals surface area contributed by atoms with Crippen LogP contribution in [0.15, 0.2) is 35.3 Å². The van der Waals surface area contributed by atoms with E-state index in [4.69, 9.17) is 15.2 Å². The van der Waals surface area contributed by atoms with Gasteiger partial charge in [0.15, 0.2) is 0 Å². The van der Waals surface area contributed by atoms with Crippen LogP contribution in [-0.2, 0) is 19.1 Å². The molecular formula is C17H23NO4. The molecule has 2 aliphatic rings. The molecule has 5 nitrogen and oxygen atoms in total. The average molecular weight is 305 g/mol. The molecule has 0 aromatic carbocycles. The predicted octanol–water partition coefficient (Wildman–Crippen LogP) is 2.58. The minimum absolute atomic E-state index is 0.0818. The van der Waals surface area contributed by atoms with E-state index in [0.717, 1.165) is 18.4 Å². The first kappa shape index (κ1) is 16.5. The standard InChI is InChI=1S/C17H23NO4/c1-10(2)15(17(20)22-16(19)11(3)18)8-12-4-5-13-9-21-7-6-14(12)13/h6-7,9-11,15H,4-5,8,18H2,1-3H3/t11-,15?/m0/s1. The first-order chi connectivity index (χ1) is 10.4. The zero-order valence-electron chi connectivity index (χ0n) is 13.3. The second kappa shape index (κ2) is 6.92. The smallest absolute Gasteiger partial charge is 0.330 e. The van der Waals surface area contributed by atoms with Gasteiger partial charge in [-0.05, 0) is 49.3 Å². The highest BCUT2D eigenvalue weighted by Gasteiger charge is 2.30. The number of rotatable bonds is 5. The van der Waals surface area contributed by atoms with Crippen LogP contribution in [0.25, 0.3) is 0 Å². The van der Waals surface area contributed by atoms with Crippen LogP contribution in [0.5, 0.6) is 0 Å². The molecule has 2 rings (SSSR count). The Balaban J connectivity index is 2.11. The van der Waals surface area contributed by atoms with Crippen molar-refractivity contribution in [3.05, 3.63) is 35.3 Å². The monoisotopic (exact) mass is 305 g/mol. The van der Waals surface area contributed by atoms with Crippen molar-refractivity contribution >= 4 is 11.9 Å². The number of hydrogen-bond acceptors (Lipinski definition) is 5. The molecule has 0 aromatic rings. The van der Waals surface area contributed by atoms with Crippen LogP contribution >= 0.6 is 0 Å². The molecule has 22 heavy (non-hydrogen) atoms. The molecule has 0 spiro atoms. The van der Waals surface area contributed by atoms with Crippen LogP contribution in [0, 0.1) is 11.8 Å². The van der Waals surface area contributed by atoms with Gasteiger partial charge in [0.1, 0.15) is 6.04 Å². The van der Waals surface area contributed by atoms with Gasteiger partial charge in [0, 0.05) is 0 Å². The molecule has 1 unspecified atom stereocenters. The minimum Gasteiger partial charge on any atom is -0.472 e. The lowest BCUT2D eigenvalue weighted by Gasteiger charge is -2.20. The normalized spacial score (nSPS) is 19.4. The summed E-state index contributed by atoms with van der Waals surface area (Å²) < 4.78 is 10.1. The van der Waals surface area contributed by atoms with Crippen LogP contribution in [0.3, 0.4) is 0 Å². The summed E-state index contributed by atoms with van der Waals surface area (Å²) in [6, 6.07) is -0.793. The van der Waals surface area contributed by atoms with Crippen molar-refractivity contribution in [2.45, 2.75) is 46.1 Å². The van der Waals surface area contributed by atoms with Gasteiger partial charge in [-0.25, -0.2) is 4.79 Å². The van der Waals surface area contributed by atoms with Gasteiger partial charge in [-0.15, -0.1) is 0 Å². The molecule has 1 aliphatic carbocycles. The molecule has 5 heteroatoms. The Morgan fingerprint density at radius 1 is 1.27 bits per heavy atom. The van der Waals surface area contributed by atoms with Crippen LogP contribution in [0.4, 0.5) is 0 Å². The number of nitrogens with two attached hydrogens (primary N) is 1. The minimum atomic E-state index is -0.793. The third-order valence-electron chi connectivity index (χ3n) is 4.09. The Bertz CT molecular complexity index is 555.